The van der Waals surface area contributed by atoms with E-state index in [0.29, 0.717) is 17.3 Å². The van der Waals surface area contributed by atoms with Crippen LogP contribution in [0.5, 0.6) is 0 Å². The van der Waals surface area contributed by atoms with Crippen molar-refractivity contribution in [1.82, 2.24) is 19.3 Å². The number of nitrogens with zero attached hydrogens (tertiary/aromatic N) is 5. The van der Waals surface area contributed by atoms with Crippen LogP contribution in [0.15, 0.2) is 48.6 Å². The molecule has 3 aromatic rings. The van der Waals surface area contributed by atoms with E-state index < -0.39 is 5.91 Å². The second-order valence-corrected chi connectivity index (χ2v) is 7.31. The van der Waals surface area contributed by atoms with Gasteiger partial charge in [0.25, 0.3) is 5.91 Å². The van der Waals surface area contributed by atoms with Crippen LogP contribution in [0.4, 0.5) is 5.69 Å². The highest BCUT2D eigenvalue weighted by atomic mass is 16.1. The fourth-order valence-electron chi connectivity index (χ4n) is 3.23. The summed E-state index contributed by atoms with van der Waals surface area (Å²) in [6, 6.07) is 11.3. The van der Waals surface area contributed by atoms with Crippen LogP contribution in [0.1, 0.15) is 30.8 Å². The molecule has 7 heteroatoms. The Bertz CT molecular complexity index is 1080. The van der Waals surface area contributed by atoms with E-state index in [4.69, 9.17) is 0 Å². The van der Waals surface area contributed by atoms with Crippen molar-refractivity contribution in [2.75, 3.05) is 5.32 Å². The third-order valence-corrected chi connectivity index (χ3v) is 4.64. The summed E-state index contributed by atoms with van der Waals surface area (Å²) in [6.07, 6.45) is 4.62. The van der Waals surface area contributed by atoms with Gasteiger partial charge in [-0.1, -0.05) is 26.0 Å². The monoisotopic (exact) mass is 388 g/mol. The van der Waals surface area contributed by atoms with Crippen LogP contribution in [0.2, 0.25) is 0 Å². The van der Waals surface area contributed by atoms with E-state index in [9.17, 15) is 10.1 Å². The number of benzene rings is 1. The Morgan fingerprint density at radius 1 is 1.31 bits per heavy atom. The van der Waals surface area contributed by atoms with Crippen LogP contribution in [0.3, 0.4) is 0 Å². The van der Waals surface area contributed by atoms with Gasteiger partial charge in [-0.2, -0.15) is 10.4 Å². The van der Waals surface area contributed by atoms with Gasteiger partial charge in [0, 0.05) is 17.9 Å². The van der Waals surface area contributed by atoms with Gasteiger partial charge in [0.1, 0.15) is 24.3 Å². The fourth-order valence-corrected chi connectivity index (χ4v) is 3.23. The molecule has 0 aliphatic rings. The Morgan fingerprint density at radius 2 is 2.07 bits per heavy atom. The number of carbonyl (C=O) groups is 1. The number of para-hydroxylation sites is 2. The molecule has 0 fully saturated rings. The van der Waals surface area contributed by atoms with Crippen molar-refractivity contribution in [1.29, 1.82) is 5.26 Å². The lowest BCUT2D eigenvalue weighted by Gasteiger charge is -2.12. The lowest BCUT2D eigenvalue weighted by Crippen LogP contribution is -2.15. The molecule has 148 valence electrons. The number of hydrogen-bond donors (Lipinski definition) is 1. The Kier molecular flexibility index (Phi) is 5.93. The molecule has 29 heavy (non-hydrogen) atoms. The van der Waals surface area contributed by atoms with Crippen LogP contribution in [-0.4, -0.2) is 25.2 Å². The minimum absolute atomic E-state index is 0.0446. The van der Waals surface area contributed by atoms with Gasteiger partial charge in [-0.25, -0.2) is 9.67 Å². The SMILES string of the molecule is Cc1cc(/C=C(/C#N)C(=O)Nc2ccccc2-n2cncn2)c(C)n1CC(C)C. The molecule has 0 aliphatic carbocycles. The summed E-state index contributed by atoms with van der Waals surface area (Å²) in [5.74, 6) is 0.0392. The third kappa shape index (κ3) is 4.43. The Hall–Kier alpha value is -3.66. The van der Waals surface area contributed by atoms with E-state index in [1.165, 1.54) is 6.33 Å². The number of amides is 1. The number of carbonyl (C=O) groups excluding carboxylic acids is 1. The summed E-state index contributed by atoms with van der Waals surface area (Å²) in [5, 5.41) is 16.5. The highest BCUT2D eigenvalue weighted by molar-refractivity contribution is 6.10. The lowest BCUT2D eigenvalue weighted by atomic mass is 10.1. The van der Waals surface area contributed by atoms with E-state index in [-0.39, 0.29) is 5.57 Å². The van der Waals surface area contributed by atoms with Gasteiger partial charge < -0.3 is 9.88 Å². The second-order valence-electron chi connectivity index (χ2n) is 7.31. The molecule has 1 amide bonds. The van der Waals surface area contributed by atoms with Crippen molar-refractivity contribution in [3.63, 3.8) is 0 Å². The average Bonchev–Trinajstić information content (AvgIpc) is 3.31. The van der Waals surface area contributed by atoms with Gasteiger partial charge in [0.2, 0.25) is 0 Å². The minimum atomic E-state index is -0.464. The van der Waals surface area contributed by atoms with E-state index >= 15 is 0 Å². The van der Waals surface area contributed by atoms with E-state index in [1.54, 1.807) is 23.2 Å². The van der Waals surface area contributed by atoms with Gasteiger partial charge in [0.15, 0.2) is 0 Å². The molecule has 0 radical (unpaired) electrons. The van der Waals surface area contributed by atoms with Crippen molar-refractivity contribution in [2.45, 2.75) is 34.2 Å². The minimum Gasteiger partial charge on any atom is -0.348 e. The molecule has 2 heterocycles. The molecule has 0 unspecified atom stereocenters. The first-order valence-corrected chi connectivity index (χ1v) is 9.44. The summed E-state index contributed by atoms with van der Waals surface area (Å²) in [4.78, 5) is 16.7. The Labute approximate surface area is 170 Å². The molecule has 2 aromatic heterocycles. The number of nitrogens with one attached hydrogen (secondary N) is 1. The van der Waals surface area contributed by atoms with Crippen LogP contribution < -0.4 is 5.32 Å². The summed E-state index contributed by atoms with van der Waals surface area (Å²) >= 11 is 0. The summed E-state index contributed by atoms with van der Waals surface area (Å²) in [5.41, 5.74) is 4.29. The first-order valence-electron chi connectivity index (χ1n) is 9.44. The molecule has 1 aromatic carbocycles. The van der Waals surface area contributed by atoms with Crippen LogP contribution in [0.25, 0.3) is 11.8 Å². The highest BCUT2D eigenvalue weighted by Crippen LogP contribution is 2.22. The number of aryl methyl sites for hydroxylation is 1. The topological polar surface area (TPSA) is 88.5 Å². The molecule has 0 aliphatic heterocycles. The van der Waals surface area contributed by atoms with E-state index in [0.717, 1.165) is 23.5 Å². The van der Waals surface area contributed by atoms with Gasteiger partial charge in [0.05, 0.1) is 11.4 Å². The summed E-state index contributed by atoms with van der Waals surface area (Å²) in [7, 11) is 0. The van der Waals surface area contributed by atoms with Crippen molar-refractivity contribution >= 4 is 17.7 Å². The van der Waals surface area contributed by atoms with Crippen LogP contribution in [0, 0.1) is 31.1 Å². The number of nitriles is 1. The summed E-state index contributed by atoms with van der Waals surface area (Å²) < 4.78 is 3.77. The first kappa shape index (κ1) is 20.1. The average molecular weight is 388 g/mol. The molecule has 1 N–H and O–H groups in total. The van der Waals surface area contributed by atoms with Crippen LogP contribution >= 0.6 is 0 Å². The smallest absolute Gasteiger partial charge is 0.266 e. The number of aromatic nitrogens is 4. The third-order valence-electron chi connectivity index (χ3n) is 4.64. The van der Waals surface area contributed by atoms with Crippen molar-refractivity contribution in [2.24, 2.45) is 5.92 Å². The lowest BCUT2D eigenvalue weighted by molar-refractivity contribution is -0.112. The standard InChI is InChI=1S/C22H24N6O/c1-15(2)12-27-16(3)9-18(17(27)4)10-19(11-23)22(29)26-20-7-5-6-8-21(20)28-14-24-13-25-28/h5-10,13-15H,12H2,1-4H3,(H,26,29)/b19-10-. The van der Waals surface area contributed by atoms with Gasteiger partial charge >= 0.3 is 0 Å². The maximum atomic E-state index is 12.8. The molecule has 0 bridgehead atoms. The summed E-state index contributed by atoms with van der Waals surface area (Å²) in [6.45, 7) is 9.26. The Balaban J connectivity index is 1.89. The zero-order valence-corrected chi connectivity index (χ0v) is 17.0. The fraction of sp³-hybridized carbons (Fsp3) is 0.273. The van der Waals surface area contributed by atoms with Gasteiger partial charge in [-0.3, -0.25) is 4.79 Å². The molecule has 3 rings (SSSR count). The quantitative estimate of drug-likeness (QED) is 0.512. The number of rotatable bonds is 6. The molecule has 0 spiro atoms. The number of anilines is 1. The van der Waals surface area contributed by atoms with E-state index in [2.05, 4.69) is 33.8 Å². The van der Waals surface area contributed by atoms with Crippen LogP contribution in [-0.2, 0) is 11.3 Å². The predicted molar refractivity (Wildman–Crippen MR) is 112 cm³/mol. The van der Waals surface area contributed by atoms with Gasteiger partial charge in [-0.15, -0.1) is 0 Å². The van der Waals surface area contributed by atoms with Crippen molar-refractivity contribution in [3.05, 3.63) is 65.5 Å². The molecule has 0 saturated carbocycles. The molecule has 0 atom stereocenters. The Morgan fingerprint density at radius 3 is 2.72 bits per heavy atom. The molecule has 7 nitrogen and oxygen atoms in total. The molecular weight excluding hydrogens is 364 g/mol. The normalized spacial score (nSPS) is 11.5. The van der Waals surface area contributed by atoms with Gasteiger partial charge in [-0.05, 0) is 49.6 Å². The zero-order chi connectivity index (χ0) is 21.0. The predicted octanol–water partition coefficient (Wildman–Crippen LogP) is 3.89. The maximum Gasteiger partial charge on any atom is 0.266 e. The highest BCUT2D eigenvalue weighted by Gasteiger charge is 2.15. The van der Waals surface area contributed by atoms with Crippen molar-refractivity contribution < 1.29 is 4.79 Å². The van der Waals surface area contributed by atoms with E-state index in [1.807, 2.05) is 44.2 Å². The second kappa shape index (κ2) is 8.57. The maximum absolute atomic E-state index is 12.8. The molecular formula is C22H24N6O. The van der Waals surface area contributed by atoms with Crippen molar-refractivity contribution in [3.8, 4) is 11.8 Å². The zero-order valence-electron chi connectivity index (χ0n) is 17.0. The molecule has 0 saturated heterocycles. The largest absolute Gasteiger partial charge is 0.348 e. The first-order chi connectivity index (χ1) is 13.9. The number of hydrogen-bond acceptors (Lipinski definition) is 4.